The summed E-state index contributed by atoms with van der Waals surface area (Å²) in [7, 11) is 3.96. The van der Waals surface area contributed by atoms with E-state index in [1.54, 1.807) is 0 Å². The van der Waals surface area contributed by atoms with Crippen molar-refractivity contribution in [2.75, 3.05) is 20.3 Å². The molecule has 20 heavy (non-hydrogen) atoms. The van der Waals surface area contributed by atoms with Crippen molar-refractivity contribution in [3.8, 4) is 11.5 Å². The van der Waals surface area contributed by atoms with E-state index in [1.165, 1.54) is 0 Å². The lowest BCUT2D eigenvalue weighted by atomic mass is 10.0. The van der Waals surface area contributed by atoms with Crippen molar-refractivity contribution < 1.29 is 9.47 Å². The van der Waals surface area contributed by atoms with Gasteiger partial charge in [0, 0.05) is 37.5 Å². The van der Waals surface area contributed by atoms with Crippen LogP contribution in [-0.2, 0) is 13.5 Å². The van der Waals surface area contributed by atoms with Gasteiger partial charge < -0.3 is 19.4 Å². The second-order valence-electron chi connectivity index (χ2n) is 4.87. The number of nitrogens with one attached hydrogen (secondary N) is 1. The normalized spacial score (nSPS) is 15.1. The molecule has 0 bridgehead atoms. The zero-order chi connectivity index (χ0) is 13.9. The number of aryl methyl sites for hydroxylation is 1. The highest BCUT2D eigenvalue weighted by atomic mass is 16.6. The van der Waals surface area contributed by atoms with Gasteiger partial charge in [-0.1, -0.05) is 12.1 Å². The molecule has 1 atom stereocenters. The third-order valence-electron chi connectivity index (χ3n) is 3.63. The van der Waals surface area contributed by atoms with Crippen LogP contribution in [0.15, 0.2) is 30.6 Å². The first-order chi connectivity index (χ1) is 9.79. The van der Waals surface area contributed by atoms with Crippen LogP contribution in [-0.4, -0.2) is 29.8 Å². The van der Waals surface area contributed by atoms with Crippen LogP contribution >= 0.6 is 0 Å². The minimum absolute atomic E-state index is 0.146. The van der Waals surface area contributed by atoms with E-state index >= 15 is 0 Å². The van der Waals surface area contributed by atoms with E-state index in [-0.39, 0.29) is 6.04 Å². The van der Waals surface area contributed by atoms with E-state index in [9.17, 15) is 0 Å². The van der Waals surface area contributed by atoms with Crippen molar-refractivity contribution >= 4 is 0 Å². The number of ether oxygens (including phenoxy) is 2. The second-order valence-corrected chi connectivity index (χ2v) is 4.87. The van der Waals surface area contributed by atoms with E-state index in [1.807, 2.05) is 43.2 Å². The standard InChI is InChI=1S/C15H19N3O2/c1-16-12(10-14-17-6-7-18(14)2)11-4-3-5-13-15(11)20-9-8-19-13/h3-7,12,16H,8-10H2,1-2H3. The molecule has 0 saturated heterocycles. The second kappa shape index (κ2) is 5.54. The molecule has 1 aromatic carbocycles. The molecule has 1 aliphatic rings. The summed E-state index contributed by atoms with van der Waals surface area (Å²) in [5.41, 5.74) is 1.12. The lowest BCUT2D eigenvalue weighted by molar-refractivity contribution is 0.168. The molecule has 1 unspecified atom stereocenters. The van der Waals surface area contributed by atoms with Crippen LogP contribution in [0.2, 0.25) is 0 Å². The Balaban J connectivity index is 1.91. The number of likely N-dealkylation sites (N-methyl/N-ethyl adjacent to an activating group) is 1. The van der Waals surface area contributed by atoms with Crippen LogP contribution in [0, 0.1) is 0 Å². The number of hydrogen-bond acceptors (Lipinski definition) is 4. The summed E-state index contributed by atoms with van der Waals surface area (Å²) in [5, 5.41) is 3.35. The van der Waals surface area contributed by atoms with E-state index in [0.717, 1.165) is 29.3 Å². The summed E-state index contributed by atoms with van der Waals surface area (Å²) in [6, 6.07) is 6.18. The van der Waals surface area contributed by atoms with Gasteiger partial charge >= 0.3 is 0 Å². The van der Waals surface area contributed by atoms with E-state index in [4.69, 9.17) is 9.47 Å². The van der Waals surface area contributed by atoms with Crippen LogP contribution in [0.25, 0.3) is 0 Å². The van der Waals surface area contributed by atoms with Gasteiger partial charge in [0.1, 0.15) is 19.0 Å². The summed E-state index contributed by atoms with van der Waals surface area (Å²) in [6.07, 6.45) is 4.59. The van der Waals surface area contributed by atoms with Gasteiger partial charge in [-0.05, 0) is 13.1 Å². The molecule has 5 nitrogen and oxygen atoms in total. The highest BCUT2D eigenvalue weighted by Crippen LogP contribution is 2.37. The van der Waals surface area contributed by atoms with E-state index in [2.05, 4.69) is 16.4 Å². The fraction of sp³-hybridized carbons (Fsp3) is 0.400. The molecule has 5 heteroatoms. The third-order valence-corrected chi connectivity index (χ3v) is 3.63. The Bertz CT molecular complexity index is 595. The molecule has 0 radical (unpaired) electrons. The molecule has 106 valence electrons. The van der Waals surface area contributed by atoms with Gasteiger partial charge in [0.25, 0.3) is 0 Å². The summed E-state index contributed by atoms with van der Waals surface area (Å²) in [6.45, 7) is 1.21. The molecule has 0 amide bonds. The summed E-state index contributed by atoms with van der Waals surface area (Å²) < 4.78 is 13.5. The smallest absolute Gasteiger partial charge is 0.166 e. The van der Waals surface area contributed by atoms with Gasteiger partial charge in [0.05, 0.1) is 0 Å². The van der Waals surface area contributed by atoms with Crippen LogP contribution < -0.4 is 14.8 Å². The number of hydrogen-bond donors (Lipinski definition) is 1. The predicted octanol–water partition coefficient (Wildman–Crippen LogP) is 1.69. The molecule has 1 aromatic heterocycles. The van der Waals surface area contributed by atoms with Gasteiger partial charge in [-0.3, -0.25) is 0 Å². The monoisotopic (exact) mass is 273 g/mol. The van der Waals surface area contributed by atoms with Crippen molar-refractivity contribution in [2.24, 2.45) is 7.05 Å². The first-order valence-corrected chi connectivity index (χ1v) is 6.81. The average molecular weight is 273 g/mol. The first kappa shape index (κ1) is 13.0. The zero-order valence-corrected chi connectivity index (χ0v) is 11.8. The number of rotatable bonds is 4. The summed E-state index contributed by atoms with van der Waals surface area (Å²) >= 11 is 0. The highest BCUT2D eigenvalue weighted by molar-refractivity contribution is 5.49. The first-order valence-electron chi connectivity index (χ1n) is 6.81. The Hall–Kier alpha value is -2.01. The Kier molecular flexibility index (Phi) is 3.60. The lowest BCUT2D eigenvalue weighted by Crippen LogP contribution is -2.23. The lowest BCUT2D eigenvalue weighted by Gasteiger charge is -2.25. The van der Waals surface area contributed by atoms with Crippen LogP contribution in [0.3, 0.4) is 0 Å². The zero-order valence-electron chi connectivity index (χ0n) is 11.8. The number of benzene rings is 1. The Labute approximate surface area is 118 Å². The molecule has 3 rings (SSSR count). The SMILES string of the molecule is CNC(Cc1nccn1C)c1cccc2c1OCCO2. The quantitative estimate of drug-likeness (QED) is 0.921. The Morgan fingerprint density at radius 2 is 2.20 bits per heavy atom. The molecular weight excluding hydrogens is 254 g/mol. The summed E-state index contributed by atoms with van der Waals surface area (Å²) in [5.74, 6) is 2.72. The molecule has 2 aromatic rings. The predicted molar refractivity (Wildman–Crippen MR) is 76.1 cm³/mol. The summed E-state index contributed by atoms with van der Waals surface area (Å²) in [4.78, 5) is 4.39. The highest BCUT2D eigenvalue weighted by Gasteiger charge is 2.22. The van der Waals surface area contributed by atoms with Crippen molar-refractivity contribution in [3.05, 3.63) is 42.0 Å². The van der Waals surface area contributed by atoms with Crippen LogP contribution in [0.5, 0.6) is 11.5 Å². The largest absolute Gasteiger partial charge is 0.486 e. The molecule has 0 fully saturated rings. The third kappa shape index (κ3) is 2.36. The van der Waals surface area contributed by atoms with E-state index < -0.39 is 0 Å². The number of nitrogens with zero attached hydrogens (tertiary/aromatic N) is 2. The minimum atomic E-state index is 0.146. The molecule has 0 spiro atoms. The molecule has 1 aliphatic heterocycles. The fourth-order valence-corrected chi connectivity index (χ4v) is 2.51. The molecule has 2 heterocycles. The van der Waals surface area contributed by atoms with Crippen LogP contribution in [0.4, 0.5) is 0 Å². The van der Waals surface area contributed by atoms with Crippen molar-refractivity contribution in [2.45, 2.75) is 12.5 Å². The van der Waals surface area contributed by atoms with Crippen molar-refractivity contribution in [3.63, 3.8) is 0 Å². The Morgan fingerprint density at radius 1 is 1.35 bits per heavy atom. The number of para-hydroxylation sites is 1. The Morgan fingerprint density at radius 3 is 2.95 bits per heavy atom. The molecule has 0 saturated carbocycles. The molecular formula is C15H19N3O2. The van der Waals surface area contributed by atoms with Crippen molar-refractivity contribution in [1.29, 1.82) is 0 Å². The number of fused-ring (bicyclic) bond motifs is 1. The van der Waals surface area contributed by atoms with Gasteiger partial charge in [-0.2, -0.15) is 0 Å². The average Bonchev–Trinajstić information content (AvgIpc) is 2.89. The maximum atomic E-state index is 5.79. The topological polar surface area (TPSA) is 48.3 Å². The maximum Gasteiger partial charge on any atom is 0.166 e. The fourth-order valence-electron chi connectivity index (χ4n) is 2.51. The van der Waals surface area contributed by atoms with Gasteiger partial charge in [-0.25, -0.2) is 4.98 Å². The number of imidazole rings is 1. The molecule has 1 N–H and O–H groups in total. The maximum absolute atomic E-state index is 5.79. The molecule has 0 aliphatic carbocycles. The van der Waals surface area contributed by atoms with Gasteiger partial charge in [0.2, 0.25) is 0 Å². The van der Waals surface area contributed by atoms with Crippen molar-refractivity contribution in [1.82, 2.24) is 14.9 Å². The minimum Gasteiger partial charge on any atom is -0.486 e. The number of aromatic nitrogens is 2. The van der Waals surface area contributed by atoms with Gasteiger partial charge in [0.15, 0.2) is 11.5 Å². The van der Waals surface area contributed by atoms with Crippen LogP contribution in [0.1, 0.15) is 17.4 Å². The van der Waals surface area contributed by atoms with Gasteiger partial charge in [-0.15, -0.1) is 0 Å². The van der Waals surface area contributed by atoms with E-state index in [0.29, 0.717) is 13.2 Å².